The fraction of sp³-hybridized carbons (Fsp3) is 0.250. The maximum absolute atomic E-state index is 13.2. The van der Waals surface area contributed by atoms with Crippen LogP contribution in [0.1, 0.15) is 30.6 Å². The summed E-state index contributed by atoms with van der Waals surface area (Å²) in [7, 11) is 0. The molecule has 1 aliphatic carbocycles. The molecule has 0 atom stereocenters. The second kappa shape index (κ2) is 9.62. The fourth-order valence-electron chi connectivity index (χ4n) is 4.30. The molecule has 2 heterocycles. The molecule has 2 amide bonds. The monoisotopic (exact) mass is 494 g/mol. The predicted molar refractivity (Wildman–Crippen MR) is 136 cm³/mol. The molecule has 2 aromatic heterocycles. The Labute approximate surface area is 203 Å². The molecule has 0 aliphatic heterocycles. The minimum Gasteiger partial charge on any atom is -0.325 e. The standard InChI is InChI=1S/C24H22N4O2S3/c29-20(25-18-10-5-8-16-7-1-2-9-17(16)18)15-32-23-28-27-22(33-23)26-21(30)24(12-3-4-13-24)19-11-6-14-31-19/h1-2,5-11,14H,3-4,12-13,15H2,(H,25,29)(H,26,27,30). The van der Waals surface area contributed by atoms with Crippen LogP contribution in [0.4, 0.5) is 10.8 Å². The van der Waals surface area contributed by atoms with Gasteiger partial charge in [0, 0.05) is 16.0 Å². The van der Waals surface area contributed by atoms with Gasteiger partial charge in [0.05, 0.1) is 11.2 Å². The number of amides is 2. The van der Waals surface area contributed by atoms with Crippen molar-refractivity contribution in [1.82, 2.24) is 10.2 Å². The normalized spacial score (nSPS) is 14.9. The molecule has 1 aliphatic rings. The lowest BCUT2D eigenvalue weighted by atomic mass is 9.83. The van der Waals surface area contributed by atoms with Crippen LogP contribution in [0.3, 0.4) is 0 Å². The molecule has 2 N–H and O–H groups in total. The molecule has 2 aromatic carbocycles. The molecule has 1 fully saturated rings. The van der Waals surface area contributed by atoms with Crippen molar-refractivity contribution in [2.45, 2.75) is 35.4 Å². The van der Waals surface area contributed by atoms with Gasteiger partial charge in [-0.1, -0.05) is 78.4 Å². The number of carbonyl (C=O) groups excluding carboxylic acids is 2. The molecule has 0 spiro atoms. The fourth-order valence-corrected chi connectivity index (χ4v) is 6.83. The summed E-state index contributed by atoms with van der Waals surface area (Å²) in [6, 6.07) is 17.8. The summed E-state index contributed by atoms with van der Waals surface area (Å²) in [6.07, 6.45) is 3.81. The van der Waals surface area contributed by atoms with Crippen LogP contribution in [0, 0.1) is 0 Å². The summed E-state index contributed by atoms with van der Waals surface area (Å²) in [4.78, 5) is 26.8. The van der Waals surface area contributed by atoms with E-state index in [1.165, 1.54) is 23.1 Å². The summed E-state index contributed by atoms with van der Waals surface area (Å²) < 4.78 is 0.648. The molecule has 168 valence electrons. The molecule has 5 rings (SSSR count). The van der Waals surface area contributed by atoms with E-state index >= 15 is 0 Å². The van der Waals surface area contributed by atoms with Gasteiger partial charge in [-0.05, 0) is 35.7 Å². The lowest BCUT2D eigenvalue weighted by Crippen LogP contribution is -2.37. The summed E-state index contributed by atoms with van der Waals surface area (Å²) in [6.45, 7) is 0. The first-order chi connectivity index (χ1) is 16.1. The van der Waals surface area contributed by atoms with Crippen LogP contribution in [-0.2, 0) is 15.0 Å². The first-order valence-corrected chi connectivity index (χ1v) is 13.4. The summed E-state index contributed by atoms with van der Waals surface area (Å²) in [5.74, 6) is 0.0916. The number of hydrogen-bond acceptors (Lipinski definition) is 7. The maximum atomic E-state index is 13.2. The van der Waals surface area contributed by atoms with Gasteiger partial charge in [-0.2, -0.15) is 0 Å². The van der Waals surface area contributed by atoms with E-state index in [0.717, 1.165) is 47.0 Å². The van der Waals surface area contributed by atoms with Gasteiger partial charge in [0.25, 0.3) is 0 Å². The Morgan fingerprint density at radius 1 is 0.970 bits per heavy atom. The lowest BCUT2D eigenvalue weighted by Gasteiger charge is -2.25. The van der Waals surface area contributed by atoms with E-state index in [2.05, 4.69) is 20.8 Å². The highest BCUT2D eigenvalue weighted by Gasteiger charge is 2.43. The molecule has 9 heteroatoms. The predicted octanol–water partition coefficient (Wildman–Crippen LogP) is 5.93. The zero-order valence-electron chi connectivity index (χ0n) is 17.7. The van der Waals surface area contributed by atoms with E-state index < -0.39 is 5.41 Å². The van der Waals surface area contributed by atoms with Crippen molar-refractivity contribution in [1.29, 1.82) is 0 Å². The number of nitrogens with zero attached hydrogens (tertiary/aromatic N) is 2. The van der Waals surface area contributed by atoms with Crippen molar-refractivity contribution in [3.8, 4) is 0 Å². The number of aromatic nitrogens is 2. The number of benzene rings is 2. The average molecular weight is 495 g/mol. The van der Waals surface area contributed by atoms with Gasteiger partial charge in [-0.25, -0.2) is 0 Å². The van der Waals surface area contributed by atoms with E-state index in [4.69, 9.17) is 0 Å². The smallest absolute Gasteiger partial charge is 0.237 e. The maximum Gasteiger partial charge on any atom is 0.237 e. The number of carbonyl (C=O) groups is 2. The highest BCUT2D eigenvalue weighted by molar-refractivity contribution is 8.01. The van der Waals surface area contributed by atoms with Gasteiger partial charge in [0.2, 0.25) is 16.9 Å². The van der Waals surface area contributed by atoms with E-state index in [0.29, 0.717) is 9.47 Å². The Morgan fingerprint density at radius 2 is 1.79 bits per heavy atom. The Hall–Kier alpha value is -2.75. The van der Waals surface area contributed by atoms with Crippen LogP contribution in [0.15, 0.2) is 64.3 Å². The molecular weight excluding hydrogens is 472 g/mol. The Morgan fingerprint density at radius 3 is 2.61 bits per heavy atom. The van der Waals surface area contributed by atoms with Gasteiger partial charge < -0.3 is 5.32 Å². The number of thioether (sulfide) groups is 1. The van der Waals surface area contributed by atoms with Crippen molar-refractivity contribution in [2.75, 3.05) is 16.4 Å². The van der Waals surface area contributed by atoms with E-state index in [1.54, 1.807) is 11.3 Å². The van der Waals surface area contributed by atoms with Crippen LogP contribution in [0.2, 0.25) is 0 Å². The number of anilines is 2. The van der Waals surface area contributed by atoms with Crippen LogP contribution in [-0.4, -0.2) is 27.8 Å². The largest absolute Gasteiger partial charge is 0.325 e. The first-order valence-electron chi connectivity index (χ1n) is 10.7. The zero-order chi connectivity index (χ0) is 22.7. The van der Waals surface area contributed by atoms with Gasteiger partial charge in [0.1, 0.15) is 0 Å². The van der Waals surface area contributed by atoms with E-state index in [9.17, 15) is 9.59 Å². The second-order valence-corrected chi connectivity index (χ2v) is 11.1. The van der Waals surface area contributed by atoms with E-state index in [1.807, 2.05) is 60.0 Å². The van der Waals surface area contributed by atoms with Crippen LogP contribution >= 0.6 is 34.4 Å². The third kappa shape index (κ3) is 4.66. The number of hydrogen-bond donors (Lipinski definition) is 2. The third-order valence-electron chi connectivity index (χ3n) is 5.90. The van der Waals surface area contributed by atoms with Crippen molar-refractivity contribution in [2.24, 2.45) is 0 Å². The number of rotatable bonds is 7. The molecule has 1 saturated carbocycles. The van der Waals surface area contributed by atoms with Gasteiger partial charge in [-0.15, -0.1) is 21.5 Å². The van der Waals surface area contributed by atoms with Crippen LogP contribution < -0.4 is 10.6 Å². The Bertz CT molecular complexity index is 1270. The number of thiophene rings is 1. The van der Waals surface area contributed by atoms with Crippen LogP contribution in [0.25, 0.3) is 10.8 Å². The molecule has 4 aromatic rings. The van der Waals surface area contributed by atoms with Crippen molar-refractivity contribution >= 4 is 67.8 Å². The molecule has 0 radical (unpaired) electrons. The minimum atomic E-state index is -0.467. The molecule has 33 heavy (non-hydrogen) atoms. The van der Waals surface area contributed by atoms with Crippen molar-refractivity contribution < 1.29 is 9.59 Å². The third-order valence-corrected chi connectivity index (χ3v) is 8.95. The average Bonchev–Trinajstić information content (AvgIpc) is 3.60. The highest BCUT2D eigenvalue weighted by atomic mass is 32.2. The number of nitrogens with one attached hydrogen (secondary N) is 2. The first kappa shape index (κ1) is 22.1. The summed E-state index contributed by atoms with van der Waals surface area (Å²) in [5.41, 5.74) is 0.324. The summed E-state index contributed by atoms with van der Waals surface area (Å²) >= 11 is 4.25. The lowest BCUT2D eigenvalue weighted by molar-refractivity contribution is -0.121. The minimum absolute atomic E-state index is 0.0103. The molecule has 0 bridgehead atoms. The number of fused-ring (bicyclic) bond motifs is 1. The topological polar surface area (TPSA) is 84.0 Å². The van der Waals surface area contributed by atoms with Crippen LogP contribution in [0.5, 0.6) is 0 Å². The second-order valence-electron chi connectivity index (χ2n) is 7.96. The summed E-state index contributed by atoms with van der Waals surface area (Å²) in [5, 5.41) is 18.8. The van der Waals surface area contributed by atoms with Gasteiger partial charge >= 0.3 is 0 Å². The highest BCUT2D eigenvalue weighted by Crippen LogP contribution is 2.44. The molecule has 0 unspecified atom stereocenters. The zero-order valence-corrected chi connectivity index (χ0v) is 20.2. The Balaban J connectivity index is 1.20. The Kier molecular flexibility index (Phi) is 6.43. The van der Waals surface area contributed by atoms with Crippen molar-refractivity contribution in [3.05, 3.63) is 64.9 Å². The van der Waals surface area contributed by atoms with Gasteiger partial charge in [0.15, 0.2) is 4.34 Å². The molecular formula is C24H22N4O2S3. The van der Waals surface area contributed by atoms with Crippen molar-refractivity contribution in [3.63, 3.8) is 0 Å². The van der Waals surface area contributed by atoms with Gasteiger partial charge in [-0.3, -0.25) is 14.9 Å². The SMILES string of the molecule is O=C(CSc1nnc(NC(=O)C2(c3cccs3)CCCC2)s1)Nc1cccc2ccccc12. The van der Waals surface area contributed by atoms with E-state index in [-0.39, 0.29) is 17.6 Å². The molecule has 0 saturated heterocycles. The molecule has 6 nitrogen and oxygen atoms in total. The quantitative estimate of drug-likeness (QED) is 0.246.